The van der Waals surface area contributed by atoms with Crippen LogP contribution in [0.5, 0.6) is 0 Å². The van der Waals surface area contributed by atoms with E-state index < -0.39 is 0 Å². The first kappa shape index (κ1) is 30.5. The highest BCUT2D eigenvalue weighted by Crippen LogP contribution is 2.44. The van der Waals surface area contributed by atoms with Gasteiger partial charge < -0.3 is 9.32 Å². The molecule has 0 aliphatic rings. The molecule has 11 aromatic rings. The Morgan fingerprint density at radius 3 is 1.65 bits per heavy atom. The number of benzene rings is 10. The molecule has 1 heterocycles. The normalized spacial score (nSPS) is 11.7. The molecule has 0 atom stereocenters. The summed E-state index contributed by atoms with van der Waals surface area (Å²) in [6.45, 7) is 0. The largest absolute Gasteiger partial charge is 0.456 e. The van der Waals surface area contributed by atoms with Crippen molar-refractivity contribution in [2.45, 2.75) is 0 Å². The molecule has 0 aliphatic carbocycles. The SMILES string of the molecule is c1ccc(N(c2ccc(-c3ccc4c5ccccc5c5c(ccc6oc7ccccc7c65)c4c3)cc2)c2ccc(-c3cccc4ccccc34)cc2)cc1. The predicted molar refractivity (Wildman–Crippen MR) is 229 cm³/mol. The van der Waals surface area contributed by atoms with Crippen molar-refractivity contribution in [3.05, 3.63) is 200 Å². The molecule has 54 heavy (non-hydrogen) atoms. The number of hydrogen-bond donors (Lipinski definition) is 0. The second-order valence-electron chi connectivity index (χ2n) is 14.1. The highest BCUT2D eigenvalue weighted by atomic mass is 16.3. The van der Waals surface area contributed by atoms with Crippen molar-refractivity contribution in [3.63, 3.8) is 0 Å². The quantitative estimate of drug-likeness (QED) is 0.168. The minimum atomic E-state index is 0.920. The van der Waals surface area contributed by atoms with Crippen LogP contribution in [0.3, 0.4) is 0 Å². The van der Waals surface area contributed by atoms with Crippen molar-refractivity contribution < 1.29 is 4.42 Å². The van der Waals surface area contributed by atoms with Crippen molar-refractivity contribution in [2.24, 2.45) is 0 Å². The molecule has 0 saturated heterocycles. The Hall–Kier alpha value is -7.16. The third-order valence-electron chi connectivity index (χ3n) is 11.0. The molecule has 11 rings (SSSR count). The Morgan fingerprint density at radius 1 is 0.296 bits per heavy atom. The smallest absolute Gasteiger partial charge is 0.136 e. The summed E-state index contributed by atoms with van der Waals surface area (Å²) in [5, 5.41) is 12.3. The lowest BCUT2D eigenvalue weighted by atomic mass is 9.90. The Morgan fingerprint density at radius 2 is 0.852 bits per heavy atom. The molecule has 0 radical (unpaired) electrons. The first-order valence-corrected chi connectivity index (χ1v) is 18.5. The fourth-order valence-corrected chi connectivity index (χ4v) is 8.53. The van der Waals surface area contributed by atoms with Crippen molar-refractivity contribution in [3.8, 4) is 22.3 Å². The van der Waals surface area contributed by atoms with Gasteiger partial charge in [-0.3, -0.25) is 0 Å². The maximum Gasteiger partial charge on any atom is 0.136 e. The molecular weight excluding hydrogens is 655 g/mol. The van der Waals surface area contributed by atoms with Crippen LogP contribution >= 0.6 is 0 Å². The lowest BCUT2D eigenvalue weighted by Gasteiger charge is -2.26. The monoisotopic (exact) mass is 687 g/mol. The summed E-state index contributed by atoms with van der Waals surface area (Å²) in [6.07, 6.45) is 0. The number of nitrogens with zero attached hydrogens (tertiary/aromatic N) is 1. The van der Waals surface area contributed by atoms with Gasteiger partial charge in [-0.2, -0.15) is 0 Å². The van der Waals surface area contributed by atoms with E-state index in [2.05, 4.69) is 199 Å². The molecule has 0 aliphatic heterocycles. The second-order valence-corrected chi connectivity index (χ2v) is 14.1. The lowest BCUT2D eigenvalue weighted by Crippen LogP contribution is -2.09. The molecule has 0 amide bonds. The lowest BCUT2D eigenvalue weighted by molar-refractivity contribution is 0.669. The van der Waals surface area contributed by atoms with Crippen LogP contribution in [0.25, 0.3) is 87.3 Å². The van der Waals surface area contributed by atoms with Crippen molar-refractivity contribution in [1.29, 1.82) is 0 Å². The van der Waals surface area contributed by atoms with Crippen molar-refractivity contribution in [2.75, 3.05) is 4.90 Å². The van der Waals surface area contributed by atoms with Gasteiger partial charge in [-0.25, -0.2) is 0 Å². The number of anilines is 3. The van der Waals surface area contributed by atoms with Gasteiger partial charge in [0, 0.05) is 33.2 Å². The van der Waals surface area contributed by atoms with Crippen LogP contribution in [0, 0.1) is 0 Å². The van der Waals surface area contributed by atoms with E-state index in [1.165, 1.54) is 70.7 Å². The average Bonchev–Trinajstić information content (AvgIpc) is 3.63. The van der Waals surface area contributed by atoms with E-state index in [4.69, 9.17) is 4.42 Å². The highest BCUT2D eigenvalue weighted by molar-refractivity contribution is 6.34. The third-order valence-corrected chi connectivity index (χ3v) is 11.0. The van der Waals surface area contributed by atoms with E-state index in [-0.39, 0.29) is 0 Å². The Balaban J connectivity index is 1.02. The van der Waals surface area contributed by atoms with E-state index in [0.717, 1.165) is 33.6 Å². The maximum atomic E-state index is 6.35. The van der Waals surface area contributed by atoms with Crippen LogP contribution in [0.2, 0.25) is 0 Å². The van der Waals surface area contributed by atoms with Crippen molar-refractivity contribution >= 4 is 82.1 Å². The molecule has 0 unspecified atom stereocenters. The molecule has 0 spiro atoms. The molecule has 1 aromatic heterocycles. The highest BCUT2D eigenvalue weighted by Gasteiger charge is 2.17. The molecule has 2 heteroatoms. The number of hydrogen-bond acceptors (Lipinski definition) is 2. The summed E-state index contributed by atoms with van der Waals surface area (Å²) in [4.78, 5) is 2.33. The topological polar surface area (TPSA) is 16.4 Å². The van der Waals surface area contributed by atoms with E-state index in [1.54, 1.807) is 0 Å². The molecule has 0 N–H and O–H groups in total. The summed E-state index contributed by atoms with van der Waals surface area (Å²) >= 11 is 0. The molecule has 2 nitrogen and oxygen atoms in total. The fraction of sp³-hybridized carbons (Fsp3) is 0. The Labute approximate surface area is 312 Å². The Bertz CT molecular complexity index is 3190. The van der Waals surface area contributed by atoms with Crippen LogP contribution in [-0.4, -0.2) is 0 Å². The fourth-order valence-electron chi connectivity index (χ4n) is 8.53. The zero-order valence-electron chi connectivity index (χ0n) is 29.4. The molecule has 0 fully saturated rings. The minimum absolute atomic E-state index is 0.920. The average molecular weight is 688 g/mol. The van der Waals surface area contributed by atoms with E-state index in [1.807, 2.05) is 6.07 Å². The summed E-state index contributed by atoms with van der Waals surface area (Å²) in [7, 11) is 0. The zero-order chi connectivity index (χ0) is 35.6. The van der Waals surface area contributed by atoms with Crippen LogP contribution in [0.4, 0.5) is 17.1 Å². The van der Waals surface area contributed by atoms with Crippen molar-refractivity contribution in [1.82, 2.24) is 0 Å². The van der Waals surface area contributed by atoms with E-state index in [9.17, 15) is 0 Å². The standard InChI is InChI=1S/C52H33NO/c1-2-13-38(14-3-1)53(40-28-23-36(24-29-40)42-19-10-12-35-11-4-5-15-41(35)42)39-26-21-34(22-27-39)37-25-30-44-43-16-6-7-17-45(43)51-46(48(44)33-37)31-32-50-52(51)47-18-8-9-20-49(47)54-50/h1-33H. The molecule has 0 bridgehead atoms. The first-order valence-electron chi connectivity index (χ1n) is 18.5. The number of rotatable bonds is 5. The van der Waals surface area contributed by atoms with Crippen LogP contribution in [0.1, 0.15) is 0 Å². The summed E-state index contributed by atoms with van der Waals surface area (Å²) in [6, 6.07) is 72.2. The van der Waals surface area contributed by atoms with Gasteiger partial charge in [0.25, 0.3) is 0 Å². The first-order chi connectivity index (χ1) is 26.8. The minimum Gasteiger partial charge on any atom is -0.456 e. The van der Waals surface area contributed by atoms with Crippen LogP contribution in [-0.2, 0) is 0 Å². The third kappa shape index (κ3) is 4.81. The van der Waals surface area contributed by atoms with Gasteiger partial charge in [-0.15, -0.1) is 0 Å². The number of furan rings is 1. The van der Waals surface area contributed by atoms with Gasteiger partial charge in [0.2, 0.25) is 0 Å². The number of fused-ring (bicyclic) bond motifs is 11. The van der Waals surface area contributed by atoms with Gasteiger partial charge in [0.05, 0.1) is 0 Å². The van der Waals surface area contributed by atoms with Gasteiger partial charge in [0.1, 0.15) is 11.2 Å². The summed E-state index contributed by atoms with van der Waals surface area (Å²) in [5.74, 6) is 0. The molecule has 10 aromatic carbocycles. The van der Waals surface area contributed by atoms with Crippen LogP contribution < -0.4 is 4.90 Å². The van der Waals surface area contributed by atoms with Crippen LogP contribution in [0.15, 0.2) is 205 Å². The molecule has 252 valence electrons. The molecule has 0 saturated carbocycles. The Kier molecular flexibility index (Phi) is 6.90. The number of para-hydroxylation sites is 2. The summed E-state index contributed by atoms with van der Waals surface area (Å²) < 4.78 is 6.35. The second kappa shape index (κ2) is 12.2. The zero-order valence-corrected chi connectivity index (χ0v) is 29.4. The van der Waals surface area contributed by atoms with Gasteiger partial charge >= 0.3 is 0 Å². The molecular formula is C52H33NO. The maximum absolute atomic E-state index is 6.35. The van der Waals surface area contributed by atoms with E-state index in [0.29, 0.717) is 0 Å². The van der Waals surface area contributed by atoms with Gasteiger partial charge in [-0.1, -0.05) is 140 Å². The summed E-state index contributed by atoms with van der Waals surface area (Å²) in [5.41, 5.74) is 9.99. The van der Waals surface area contributed by atoms with Gasteiger partial charge in [-0.05, 0) is 121 Å². The van der Waals surface area contributed by atoms with Gasteiger partial charge in [0.15, 0.2) is 0 Å². The predicted octanol–water partition coefficient (Wildman–Crippen LogP) is 15.0. The van der Waals surface area contributed by atoms with E-state index >= 15 is 0 Å².